The number of benzene rings is 2. The molecule has 0 bridgehead atoms. The van der Waals surface area contributed by atoms with E-state index < -0.39 is 6.86 Å². The molecule has 1 aliphatic rings. The lowest BCUT2D eigenvalue weighted by Gasteiger charge is -2.36. The summed E-state index contributed by atoms with van der Waals surface area (Å²) in [6, 6.07) is 14.9. The average molecular weight is 483 g/mol. The van der Waals surface area contributed by atoms with Crippen LogP contribution < -0.4 is 19.7 Å². The number of aryl methyl sites for hydroxylation is 1. The molecule has 1 saturated heterocycles. The molecule has 186 valence electrons. The Labute approximate surface area is 204 Å². The number of nitrogens with one attached hydrogen (secondary N) is 1. The number of alkyl halides is 1. The average Bonchev–Trinajstić information content (AvgIpc) is 3.29. The van der Waals surface area contributed by atoms with Crippen molar-refractivity contribution in [3.63, 3.8) is 0 Å². The second kappa shape index (κ2) is 11.7. The molecule has 8 nitrogen and oxygen atoms in total. The second-order valence-corrected chi connectivity index (χ2v) is 8.35. The first kappa shape index (κ1) is 24.5. The Morgan fingerprint density at radius 2 is 1.91 bits per heavy atom. The number of halogens is 1. The van der Waals surface area contributed by atoms with Gasteiger partial charge in [0.05, 0.1) is 12.8 Å². The van der Waals surface area contributed by atoms with E-state index in [0.29, 0.717) is 29.3 Å². The molecular formula is C26H31FN4O4. The van der Waals surface area contributed by atoms with Crippen LogP contribution in [0, 0.1) is 6.92 Å². The van der Waals surface area contributed by atoms with Crippen molar-refractivity contribution in [3.05, 3.63) is 59.9 Å². The van der Waals surface area contributed by atoms with E-state index in [2.05, 4.69) is 20.3 Å². The third-order valence-electron chi connectivity index (χ3n) is 6.16. The van der Waals surface area contributed by atoms with Crippen LogP contribution in [-0.4, -0.2) is 69.2 Å². The summed E-state index contributed by atoms with van der Waals surface area (Å²) in [5.41, 5.74) is 2.81. The fourth-order valence-electron chi connectivity index (χ4n) is 4.31. The van der Waals surface area contributed by atoms with E-state index in [9.17, 15) is 9.18 Å². The molecule has 35 heavy (non-hydrogen) atoms. The van der Waals surface area contributed by atoms with E-state index >= 15 is 0 Å². The molecule has 1 fully saturated rings. The number of carbonyl (C=O) groups excluding carboxylic acids is 1. The standard InChI is InChI=1S/C26H31FN4O4/c1-19-24(25(29-35-19)20-7-4-3-5-8-20)26(32)28-11-6-12-30-13-15-31(16-14-30)22-17-21(34-18-27)9-10-23(22)33-2/h3-5,7-10,17H,6,11-16,18H2,1-2H3,(H,28,32). The minimum atomic E-state index is -0.861. The summed E-state index contributed by atoms with van der Waals surface area (Å²) in [6.07, 6.45) is 0.833. The molecule has 2 heterocycles. The molecule has 9 heteroatoms. The smallest absolute Gasteiger partial charge is 0.257 e. The number of hydrogen-bond acceptors (Lipinski definition) is 7. The lowest BCUT2D eigenvalue weighted by Crippen LogP contribution is -2.47. The normalized spacial score (nSPS) is 14.1. The molecule has 3 aromatic rings. The van der Waals surface area contributed by atoms with Crippen molar-refractivity contribution in [2.24, 2.45) is 0 Å². The molecule has 0 radical (unpaired) electrons. The number of piperazine rings is 1. The first-order chi connectivity index (χ1) is 17.1. The highest BCUT2D eigenvalue weighted by molar-refractivity contribution is 6.00. The highest BCUT2D eigenvalue weighted by Gasteiger charge is 2.22. The van der Waals surface area contributed by atoms with Gasteiger partial charge in [0.2, 0.25) is 6.86 Å². The summed E-state index contributed by atoms with van der Waals surface area (Å²) < 4.78 is 28.4. The van der Waals surface area contributed by atoms with Crippen LogP contribution in [0.5, 0.6) is 11.5 Å². The van der Waals surface area contributed by atoms with Crippen LogP contribution in [0.2, 0.25) is 0 Å². The van der Waals surface area contributed by atoms with Crippen molar-refractivity contribution in [1.29, 1.82) is 0 Å². The zero-order valence-electron chi connectivity index (χ0n) is 20.1. The van der Waals surface area contributed by atoms with Gasteiger partial charge in [-0.1, -0.05) is 35.5 Å². The van der Waals surface area contributed by atoms with Crippen LogP contribution in [0.25, 0.3) is 11.3 Å². The van der Waals surface area contributed by atoms with Gasteiger partial charge in [-0.05, 0) is 32.0 Å². The largest absolute Gasteiger partial charge is 0.495 e. The fourth-order valence-corrected chi connectivity index (χ4v) is 4.31. The fraction of sp³-hybridized carbons (Fsp3) is 0.385. The number of amides is 1. The molecule has 1 aliphatic heterocycles. The topological polar surface area (TPSA) is 80.1 Å². The van der Waals surface area contributed by atoms with Gasteiger partial charge in [-0.2, -0.15) is 0 Å². The van der Waals surface area contributed by atoms with Crippen LogP contribution in [0.3, 0.4) is 0 Å². The Balaban J connectivity index is 1.25. The molecule has 0 saturated carbocycles. The van der Waals surface area contributed by atoms with Crippen molar-refractivity contribution in [1.82, 2.24) is 15.4 Å². The van der Waals surface area contributed by atoms with Gasteiger partial charge >= 0.3 is 0 Å². The lowest BCUT2D eigenvalue weighted by atomic mass is 10.1. The maximum atomic E-state index is 12.8. The van der Waals surface area contributed by atoms with E-state index in [4.69, 9.17) is 14.0 Å². The van der Waals surface area contributed by atoms with Crippen LogP contribution in [0.1, 0.15) is 22.5 Å². The van der Waals surface area contributed by atoms with Gasteiger partial charge in [0.25, 0.3) is 5.91 Å². The van der Waals surface area contributed by atoms with Gasteiger partial charge in [-0.15, -0.1) is 0 Å². The van der Waals surface area contributed by atoms with E-state index in [-0.39, 0.29) is 5.91 Å². The van der Waals surface area contributed by atoms with E-state index in [0.717, 1.165) is 56.1 Å². The number of aromatic nitrogens is 1. The molecular weight excluding hydrogens is 451 g/mol. The van der Waals surface area contributed by atoms with Crippen molar-refractivity contribution in [2.45, 2.75) is 13.3 Å². The Bertz CT molecular complexity index is 1110. The number of anilines is 1. The highest BCUT2D eigenvalue weighted by Crippen LogP contribution is 2.33. The molecule has 0 spiro atoms. The summed E-state index contributed by atoms with van der Waals surface area (Å²) >= 11 is 0. The van der Waals surface area contributed by atoms with Crippen LogP contribution >= 0.6 is 0 Å². The molecule has 0 aliphatic carbocycles. The van der Waals surface area contributed by atoms with E-state index in [1.165, 1.54) is 0 Å². The zero-order chi connectivity index (χ0) is 24.6. The lowest BCUT2D eigenvalue weighted by molar-refractivity contribution is 0.0950. The predicted molar refractivity (Wildman–Crippen MR) is 132 cm³/mol. The number of ether oxygens (including phenoxy) is 2. The molecule has 1 aromatic heterocycles. The summed E-state index contributed by atoms with van der Waals surface area (Å²) in [4.78, 5) is 17.4. The summed E-state index contributed by atoms with van der Waals surface area (Å²) in [5.74, 6) is 1.56. The molecule has 4 rings (SSSR count). The Kier molecular flexibility index (Phi) is 8.20. The highest BCUT2D eigenvalue weighted by atomic mass is 19.1. The first-order valence-electron chi connectivity index (χ1n) is 11.7. The van der Waals surface area contributed by atoms with Crippen molar-refractivity contribution < 1.29 is 23.2 Å². The number of methoxy groups -OCH3 is 1. The molecule has 0 unspecified atom stereocenters. The SMILES string of the molecule is COc1ccc(OCF)cc1N1CCN(CCCNC(=O)c2c(-c3ccccc3)noc2C)CC1. The van der Waals surface area contributed by atoms with Crippen LogP contribution in [0.15, 0.2) is 53.1 Å². The Morgan fingerprint density at radius 3 is 2.63 bits per heavy atom. The van der Waals surface area contributed by atoms with Gasteiger partial charge in [-0.25, -0.2) is 4.39 Å². The predicted octanol–water partition coefficient (Wildman–Crippen LogP) is 3.91. The van der Waals surface area contributed by atoms with Gasteiger partial charge in [0, 0.05) is 44.4 Å². The maximum Gasteiger partial charge on any atom is 0.257 e. The van der Waals surface area contributed by atoms with E-state index in [1.54, 1.807) is 26.2 Å². The third-order valence-corrected chi connectivity index (χ3v) is 6.16. The maximum absolute atomic E-state index is 12.8. The van der Waals surface area contributed by atoms with Gasteiger partial charge < -0.3 is 24.2 Å². The minimum Gasteiger partial charge on any atom is -0.495 e. The molecule has 1 N–H and O–H groups in total. The molecule has 2 aromatic carbocycles. The summed E-state index contributed by atoms with van der Waals surface area (Å²) in [7, 11) is 1.63. The van der Waals surface area contributed by atoms with Gasteiger partial charge in [-0.3, -0.25) is 9.69 Å². The number of nitrogens with zero attached hydrogens (tertiary/aromatic N) is 3. The number of carbonyl (C=O) groups is 1. The van der Waals surface area contributed by atoms with Gasteiger partial charge in [0.15, 0.2) is 0 Å². The van der Waals surface area contributed by atoms with Crippen molar-refractivity contribution in [2.75, 3.05) is 58.1 Å². The van der Waals surface area contributed by atoms with Crippen LogP contribution in [0.4, 0.5) is 10.1 Å². The zero-order valence-corrected chi connectivity index (χ0v) is 20.1. The summed E-state index contributed by atoms with van der Waals surface area (Å²) in [6.45, 7) is 5.74. The quantitative estimate of drug-likeness (QED) is 0.439. The van der Waals surface area contributed by atoms with Crippen molar-refractivity contribution >= 4 is 11.6 Å². The van der Waals surface area contributed by atoms with Crippen molar-refractivity contribution in [3.8, 4) is 22.8 Å². The monoisotopic (exact) mass is 482 g/mol. The molecule has 1 amide bonds. The van der Waals surface area contributed by atoms with Crippen LogP contribution in [-0.2, 0) is 0 Å². The summed E-state index contributed by atoms with van der Waals surface area (Å²) in [5, 5.41) is 7.09. The number of rotatable bonds is 10. The van der Waals surface area contributed by atoms with E-state index in [1.807, 2.05) is 36.4 Å². The Hall–Kier alpha value is -3.59. The third kappa shape index (κ3) is 5.92. The number of hydrogen-bond donors (Lipinski definition) is 1. The Morgan fingerprint density at radius 1 is 1.14 bits per heavy atom. The van der Waals surface area contributed by atoms with Gasteiger partial charge in [0.1, 0.15) is 28.5 Å². The second-order valence-electron chi connectivity index (χ2n) is 8.35. The molecule has 0 atom stereocenters. The minimum absolute atomic E-state index is 0.171. The first-order valence-corrected chi connectivity index (χ1v) is 11.7.